The largest absolute Gasteiger partial charge is 0.411 e. The Bertz CT molecular complexity index is 224. The van der Waals surface area contributed by atoms with E-state index in [9.17, 15) is 13.2 Å². The summed E-state index contributed by atoms with van der Waals surface area (Å²) in [6, 6.07) is 0.499. The Morgan fingerprint density at radius 2 is 2.06 bits per heavy atom. The lowest BCUT2D eigenvalue weighted by Crippen LogP contribution is -2.40. The Morgan fingerprint density at radius 3 is 2.72 bits per heavy atom. The maximum atomic E-state index is 11.8. The third kappa shape index (κ3) is 6.81. The molecule has 0 amide bonds. The second-order valence-electron chi connectivity index (χ2n) is 4.68. The van der Waals surface area contributed by atoms with Crippen LogP contribution in [0.1, 0.15) is 32.1 Å². The van der Waals surface area contributed by atoms with Crippen LogP contribution >= 0.6 is 11.6 Å². The van der Waals surface area contributed by atoms with Crippen LogP contribution in [0.4, 0.5) is 13.2 Å². The van der Waals surface area contributed by atoms with Crippen molar-refractivity contribution >= 4 is 11.6 Å². The number of hydrogen-bond acceptors (Lipinski definition) is 2. The molecule has 0 saturated carbocycles. The summed E-state index contributed by atoms with van der Waals surface area (Å²) >= 11 is 5.76. The van der Waals surface area contributed by atoms with E-state index >= 15 is 0 Å². The number of rotatable bonds is 7. The fraction of sp³-hybridized carbons (Fsp3) is 1.00. The predicted molar refractivity (Wildman–Crippen MR) is 66.0 cm³/mol. The summed E-state index contributed by atoms with van der Waals surface area (Å²) in [5.74, 6) is 0.645. The lowest BCUT2D eigenvalue weighted by Gasteiger charge is -2.35. The molecule has 0 N–H and O–H groups in total. The molecular weight excluding hydrogens is 267 g/mol. The third-order valence-corrected chi connectivity index (χ3v) is 3.41. The Balaban J connectivity index is 2.12. The van der Waals surface area contributed by atoms with Crippen LogP contribution in [-0.4, -0.2) is 49.3 Å². The number of alkyl halides is 4. The lowest BCUT2D eigenvalue weighted by molar-refractivity contribution is -0.174. The van der Waals surface area contributed by atoms with E-state index in [0.29, 0.717) is 18.3 Å². The summed E-state index contributed by atoms with van der Waals surface area (Å²) in [5, 5.41) is 0. The van der Waals surface area contributed by atoms with Crippen molar-refractivity contribution in [3.05, 3.63) is 0 Å². The molecule has 0 aromatic rings. The molecule has 0 bridgehead atoms. The van der Waals surface area contributed by atoms with Crippen LogP contribution in [0.3, 0.4) is 0 Å². The fourth-order valence-electron chi connectivity index (χ4n) is 2.36. The van der Waals surface area contributed by atoms with Crippen molar-refractivity contribution in [2.24, 2.45) is 0 Å². The highest BCUT2D eigenvalue weighted by molar-refractivity contribution is 6.17. The van der Waals surface area contributed by atoms with Gasteiger partial charge in [0.25, 0.3) is 0 Å². The molecule has 0 aromatic heterocycles. The first-order chi connectivity index (χ1) is 8.53. The normalized spacial score (nSPS) is 22.3. The van der Waals surface area contributed by atoms with Gasteiger partial charge in [0.1, 0.15) is 6.61 Å². The van der Waals surface area contributed by atoms with Crippen LogP contribution in [0.5, 0.6) is 0 Å². The van der Waals surface area contributed by atoms with E-state index in [2.05, 4.69) is 9.64 Å². The van der Waals surface area contributed by atoms with E-state index in [1.54, 1.807) is 0 Å². The first-order valence-corrected chi connectivity index (χ1v) is 7.01. The minimum Gasteiger partial charge on any atom is -0.372 e. The molecule has 1 saturated heterocycles. The first kappa shape index (κ1) is 16.1. The molecule has 18 heavy (non-hydrogen) atoms. The van der Waals surface area contributed by atoms with Gasteiger partial charge in [0.15, 0.2) is 0 Å². The van der Waals surface area contributed by atoms with Gasteiger partial charge in [-0.1, -0.05) is 6.42 Å². The van der Waals surface area contributed by atoms with E-state index in [1.807, 2.05) is 0 Å². The second-order valence-corrected chi connectivity index (χ2v) is 5.06. The monoisotopic (exact) mass is 287 g/mol. The first-order valence-electron chi connectivity index (χ1n) is 6.47. The Kier molecular flexibility index (Phi) is 7.34. The highest BCUT2D eigenvalue weighted by Gasteiger charge is 2.27. The lowest BCUT2D eigenvalue weighted by atomic mass is 10.00. The minimum absolute atomic E-state index is 0.170. The van der Waals surface area contributed by atoms with Crippen molar-refractivity contribution in [1.82, 2.24) is 4.90 Å². The molecular formula is C12H21ClF3NO. The zero-order chi connectivity index (χ0) is 13.4. The average Bonchev–Trinajstić information content (AvgIpc) is 2.29. The fourth-order valence-corrected chi connectivity index (χ4v) is 2.62. The van der Waals surface area contributed by atoms with Crippen LogP contribution in [0, 0.1) is 0 Å². The molecule has 0 radical (unpaired) electrons. The molecule has 6 heteroatoms. The van der Waals surface area contributed by atoms with Crippen LogP contribution in [0.15, 0.2) is 0 Å². The van der Waals surface area contributed by atoms with Crippen LogP contribution in [0.25, 0.3) is 0 Å². The summed E-state index contributed by atoms with van der Waals surface area (Å²) in [7, 11) is 0. The molecule has 1 unspecified atom stereocenters. The molecule has 1 aliphatic heterocycles. The van der Waals surface area contributed by atoms with E-state index < -0.39 is 12.8 Å². The zero-order valence-electron chi connectivity index (χ0n) is 10.5. The van der Waals surface area contributed by atoms with Crippen molar-refractivity contribution in [3.8, 4) is 0 Å². The standard InChI is InChI=1S/C12H21ClF3NO/c13-6-5-11-4-1-2-7-17(11)8-3-9-18-10-12(14,15)16/h11H,1-10H2. The van der Waals surface area contributed by atoms with Gasteiger partial charge in [-0.05, 0) is 32.2 Å². The van der Waals surface area contributed by atoms with E-state index in [4.69, 9.17) is 11.6 Å². The number of piperidine rings is 1. The van der Waals surface area contributed by atoms with Crippen molar-refractivity contribution in [1.29, 1.82) is 0 Å². The van der Waals surface area contributed by atoms with Crippen molar-refractivity contribution in [2.75, 3.05) is 32.2 Å². The van der Waals surface area contributed by atoms with Gasteiger partial charge in [-0.2, -0.15) is 13.2 Å². The molecule has 0 aliphatic carbocycles. The summed E-state index contributed by atoms with van der Waals surface area (Å²) in [4.78, 5) is 2.34. The molecule has 1 rings (SSSR count). The number of likely N-dealkylation sites (tertiary alicyclic amines) is 1. The Morgan fingerprint density at radius 1 is 1.28 bits per heavy atom. The van der Waals surface area contributed by atoms with E-state index in [1.165, 1.54) is 12.8 Å². The number of hydrogen-bond donors (Lipinski definition) is 0. The SMILES string of the molecule is FC(F)(F)COCCCN1CCCCC1CCCl. The summed E-state index contributed by atoms with van der Waals surface area (Å²) in [6.07, 6.45) is 0.938. The zero-order valence-corrected chi connectivity index (χ0v) is 11.3. The molecule has 1 heterocycles. The van der Waals surface area contributed by atoms with Crippen molar-refractivity contribution < 1.29 is 17.9 Å². The van der Waals surface area contributed by atoms with Gasteiger partial charge in [-0.25, -0.2) is 0 Å². The van der Waals surface area contributed by atoms with Crippen molar-refractivity contribution in [3.63, 3.8) is 0 Å². The molecule has 1 atom stereocenters. The third-order valence-electron chi connectivity index (χ3n) is 3.19. The van der Waals surface area contributed by atoms with Gasteiger partial charge in [0.2, 0.25) is 0 Å². The molecule has 1 fully saturated rings. The summed E-state index contributed by atoms with van der Waals surface area (Å²) < 4.78 is 40.2. The molecule has 0 spiro atoms. The summed E-state index contributed by atoms with van der Waals surface area (Å²) in [6.45, 7) is 0.863. The average molecular weight is 288 g/mol. The Labute approximate surface area is 111 Å². The second kappa shape index (κ2) is 8.23. The molecule has 2 nitrogen and oxygen atoms in total. The predicted octanol–water partition coefficient (Wildman–Crippen LogP) is 3.44. The topological polar surface area (TPSA) is 12.5 Å². The summed E-state index contributed by atoms with van der Waals surface area (Å²) in [5.41, 5.74) is 0. The van der Waals surface area contributed by atoms with Gasteiger partial charge < -0.3 is 9.64 Å². The highest BCUT2D eigenvalue weighted by atomic mass is 35.5. The molecule has 1 aliphatic rings. The van der Waals surface area contributed by atoms with E-state index in [-0.39, 0.29) is 6.61 Å². The maximum Gasteiger partial charge on any atom is 0.411 e. The Hall–Kier alpha value is 0. The van der Waals surface area contributed by atoms with Crippen LogP contribution < -0.4 is 0 Å². The smallest absolute Gasteiger partial charge is 0.372 e. The van der Waals surface area contributed by atoms with Crippen LogP contribution in [-0.2, 0) is 4.74 Å². The number of halogens is 4. The van der Waals surface area contributed by atoms with Crippen molar-refractivity contribution in [2.45, 2.75) is 44.3 Å². The van der Waals surface area contributed by atoms with Gasteiger partial charge >= 0.3 is 6.18 Å². The highest BCUT2D eigenvalue weighted by Crippen LogP contribution is 2.20. The van der Waals surface area contributed by atoms with Gasteiger partial charge in [0, 0.05) is 25.1 Å². The number of nitrogens with zero attached hydrogens (tertiary/aromatic N) is 1. The van der Waals surface area contributed by atoms with Gasteiger partial charge in [-0.15, -0.1) is 11.6 Å². The van der Waals surface area contributed by atoms with E-state index in [0.717, 1.165) is 25.9 Å². The maximum absolute atomic E-state index is 11.8. The minimum atomic E-state index is -4.22. The van der Waals surface area contributed by atoms with Gasteiger partial charge in [0.05, 0.1) is 0 Å². The quantitative estimate of drug-likeness (QED) is 0.525. The molecule has 108 valence electrons. The van der Waals surface area contributed by atoms with Crippen LogP contribution in [0.2, 0.25) is 0 Å². The number of ether oxygens (including phenoxy) is 1. The van der Waals surface area contributed by atoms with Gasteiger partial charge in [-0.3, -0.25) is 0 Å². The molecule has 0 aromatic carbocycles.